The molecule has 20 heavy (non-hydrogen) atoms. The summed E-state index contributed by atoms with van der Waals surface area (Å²) in [5.74, 6) is 0.549. The van der Waals surface area contributed by atoms with Gasteiger partial charge in [0, 0.05) is 23.8 Å². The summed E-state index contributed by atoms with van der Waals surface area (Å²) in [7, 11) is 0. The van der Waals surface area contributed by atoms with Gasteiger partial charge < -0.3 is 10.6 Å². The lowest BCUT2D eigenvalue weighted by Gasteiger charge is -2.27. The van der Waals surface area contributed by atoms with Gasteiger partial charge in [0.2, 0.25) is 0 Å². The number of carbonyl (C=O) groups excluding carboxylic acids is 1. The van der Waals surface area contributed by atoms with Crippen LogP contribution in [-0.4, -0.2) is 28.4 Å². The molecule has 2 heterocycles. The van der Waals surface area contributed by atoms with Crippen LogP contribution in [0.1, 0.15) is 62.0 Å². The fourth-order valence-electron chi connectivity index (χ4n) is 2.86. The van der Waals surface area contributed by atoms with E-state index in [1.807, 2.05) is 11.0 Å². The van der Waals surface area contributed by atoms with Crippen molar-refractivity contribution in [3.8, 4) is 0 Å². The molecule has 1 aromatic rings. The molecule has 0 spiro atoms. The maximum Gasteiger partial charge on any atom is 0.254 e. The number of hydrogen-bond donors (Lipinski definition) is 1. The SMILES string of the molecule is CCCc1cc(C(=O)N2CCCCCC2C)cc(N)n1. The molecule has 4 heteroatoms. The number of nitrogen functional groups attached to an aromatic ring is 1. The van der Waals surface area contributed by atoms with E-state index in [4.69, 9.17) is 5.73 Å². The summed E-state index contributed by atoms with van der Waals surface area (Å²) in [5, 5.41) is 0. The Kier molecular flexibility index (Phi) is 4.99. The van der Waals surface area contributed by atoms with Crippen LogP contribution >= 0.6 is 0 Å². The molecule has 0 saturated carbocycles. The molecule has 0 radical (unpaired) electrons. The first-order valence-electron chi connectivity index (χ1n) is 7.69. The van der Waals surface area contributed by atoms with E-state index in [9.17, 15) is 4.79 Å². The van der Waals surface area contributed by atoms with Gasteiger partial charge in [0.25, 0.3) is 5.91 Å². The highest BCUT2D eigenvalue weighted by Crippen LogP contribution is 2.20. The monoisotopic (exact) mass is 275 g/mol. The van der Waals surface area contributed by atoms with E-state index < -0.39 is 0 Å². The Morgan fingerprint density at radius 1 is 1.40 bits per heavy atom. The van der Waals surface area contributed by atoms with E-state index in [1.165, 1.54) is 12.8 Å². The van der Waals surface area contributed by atoms with Gasteiger partial charge in [-0.25, -0.2) is 4.98 Å². The molecule has 0 bridgehead atoms. The van der Waals surface area contributed by atoms with Crippen molar-refractivity contribution in [3.05, 3.63) is 23.4 Å². The van der Waals surface area contributed by atoms with Crippen LogP contribution in [0.3, 0.4) is 0 Å². The lowest BCUT2D eigenvalue weighted by molar-refractivity contribution is 0.0697. The molecule has 1 aromatic heterocycles. The first-order chi connectivity index (χ1) is 9.61. The molecule has 4 nitrogen and oxygen atoms in total. The third-order valence-electron chi connectivity index (χ3n) is 3.97. The van der Waals surface area contributed by atoms with Gasteiger partial charge in [-0.05, 0) is 38.3 Å². The zero-order valence-electron chi connectivity index (χ0n) is 12.6. The first kappa shape index (κ1) is 14.8. The number of hydrogen-bond acceptors (Lipinski definition) is 3. The molecule has 110 valence electrons. The number of aryl methyl sites for hydroxylation is 1. The molecule has 0 aliphatic carbocycles. The molecular formula is C16H25N3O. The van der Waals surface area contributed by atoms with Gasteiger partial charge in [-0.15, -0.1) is 0 Å². The summed E-state index contributed by atoms with van der Waals surface area (Å²) in [6.45, 7) is 5.09. The summed E-state index contributed by atoms with van der Waals surface area (Å²) in [5.41, 5.74) is 7.45. The number of nitrogens with zero attached hydrogens (tertiary/aromatic N) is 2. The topological polar surface area (TPSA) is 59.2 Å². The van der Waals surface area contributed by atoms with Crippen molar-refractivity contribution in [3.63, 3.8) is 0 Å². The van der Waals surface area contributed by atoms with Gasteiger partial charge in [-0.1, -0.05) is 26.2 Å². The lowest BCUT2D eigenvalue weighted by atomic mass is 10.1. The maximum absolute atomic E-state index is 12.7. The van der Waals surface area contributed by atoms with Crippen LogP contribution in [0, 0.1) is 0 Å². The van der Waals surface area contributed by atoms with Gasteiger partial charge in [-0.2, -0.15) is 0 Å². The van der Waals surface area contributed by atoms with Gasteiger partial charge >= 0.3 is 0 Å². The second kappa shape index (κ2) is 6.73. The zero-order valence-corrected chi connectivity index (χ0v) is 12.6. The van der Waals surface area contributed by atoms with Crippen molar-refractivity contribution in [1.82, 2.24) is 9.88 Å². The second-order valence-corrected chi connectivity index (χ2v) is 5.72. The van der Waals surface area contributed by atoms with Crippen LogP contribution in [0.15, 0.2) is 12.1 Å². The predicted molar refractivity (Wildman–Crippen MR) is 81.6 cm³/mol. The van der Waals surface area contributed by atoms with E-state index in [2.05, 4.69) is 18.8 Å². The van der Waals surface area contributed by atoms with Gasteiger partial charge in [0.05, 0.1) is 0 Å². The van der Waals surface area contributed by atoms with Crippen LogP contribution in [0.5, 0.6) is 0 Å². The molecule has 2 N–H and O–H groups in total. The highest BCUT2D eigenvalue weighted by molar-refractivity contribution is 5.95. The van der Waals surface area contributed by atoms with Crippen molar-refractivity contribution in [1.29, 1.82) is 0 Å². The average molecular weight is 275 g/mol. The number of aromatic nitrogens is 1. The van der Waals surface area contributed by atoms with Crippen molar-refractivity contribution < 1.29 is 4.79 Å². The second-order valence-electron chi connectivity index (χ2n) is 5.72. The molecule has 1 atom stereocenters. The Labute approximate surface area is 121 Å². The van der Waals surface area contributed by atoms with Crippen LogP contribution in [0.4, 0.5) is 5.82 Å². The summed E-state index contributed by atoms with van der Waals surface area (Å²) < 4.78 is 0. The molecule has 1 aliphatic rings. The van der Waals surface area contributed by atoms with Crippen molar-refractivity contribution in [2.24, 2.45) is 0 Å². The number of nitrogens with two attached hydrogens (primary N) is 1. The van der Waals surface area contributed by atoms with Crippen LogP contribution in [0.2, 0.25) is 0 Å². The van der Waals surface area contributed by atoms with Gasteiger partial charge in [0.1, 0.15) is 5.82 Å². The minimum Gasteiger partial charge on any atom is -0.384 e. The summed E-state index contributed by atoms with van der Waals surface area (Å²) in [6, 6.07) is 3.92. The average Bonchev–Trinajstić information content (AvgIpc) is 2.62. The summed E-state index contributed by atoms with van der Waals surface area (Å²) in [4.78, 5) is 19.0. The molecule has 1 aliphatic heterocycles. The van der Waals surface area contributed by atoms with Crippen molar-refractivity contribution in [2.75, 3.05) is 12.3 Å². The van der Waals surface area contributed by atoms with Gasteiger partial charge in [-0.3, -0.25) is 4.79 Å². The third-order valence-corrected chi connectivity index (χ3v) is 3.97. The van der Waals surface area contributed by atoms with Gasteiger partial charge in [0.15, 0.2) is 0 Å². The highest BCUT2D eigenvalue weighted by atomic mass is 16.2. The molecule has 0 aromatic carbocycles. The highest BCUT2D eigenvalue weighted by Gasteiger charge is 2.23. The van der Waals surface area contributed by atoms with Crippen LogP contribution < -0.4 is 5.73 Å². The fourth-order valence-corrected chi connectivity index (χ4v) is 2.86. The fraction of sp³-hybridized carbons (Fsp3) is 0.625. The van der Waals surface area contributed by atoms with E-state index in [0.717, 1.165) is 37.9 Å². The Bertz CT molecular complexity index is 473. The van der Waals surface area contributed by atoms with E-state index in [0.29, 0.717) is 17.4 Å². The molecule has 1 saturated heterocycles. The Morgan fingerprint density at radius 3 is 2.95 bits per heavy atom. The Hall–Kier alpha value is -1.58. The van der Waals surface area contributed by atoms with Crippen LogP contribution in [-0.2, 0) is 6.42 Å². The largest absolute Gasteiger partial charge is 0.384 e. The standard InChI is InChI=1S/C16H25N3O/c1-3-7-14-10-13(11-15(17)18-14)16(20)19-9-6-4-5-8-12(19)2/h10-12H,3-9H2,1-2H3,(H2,17,18). The smallest absolute Gasteiger partial charge is 0.254 e. The number of pyridine rings is 1. The Morgan fingerprint density at radius 2 is 2.20 bits per heavy atom. The maximum atomic E-state index is 12.7. The lowest BCUT2D eigenvalue weighted by Crippen LogP contribution is -2.38. The number of anilines is 1. The quantitative estimate of drug-likeness (QED) is 0.922. The number of likely N-dealkylation sites (tertiary alicyclic amines) is 1. The summed E-state index contributed by atoms with van der Waals surface area (Å²) >= 11 is 0. The minimum atomic E-state index is 0.103. The molecular weight excluding hydrogens is 250 g/mol. The molecule has 2 rings (SSSR count). The van der Waals surface area contributed by atoms with E-state index in [1.54, 1.807) is 6.07 Å². The normalized spacial score (nSPS) is 19.7. The molecule has 1 unspecified atom stereocenters. The zero-order chi connectivity index (χ0) is 14.5. The van der Waals surface area contributed by atoms with Crippen molar-refractivity contribution in [2.45, 2.75) is 58.4 Å². The number of rotatable bonds is 3. The predicted octanol–water partition coefficient (Wildman–Crippen LogP) is 3.02. The van der Waals surface area contributed by atoms with E-state index in [-0.39, 0.29) is 5.91 Å². The third kappa shape index (κ3) is 3.50. The molecule has 1 fully saturated rings. The van der Waals surface area contributed by atoms with Crippen LogP contribution in [0.25, 0.3) is 0 Å². The van der Waals surface area contributed by atoms with E-state index >= 15 is 0 Å². The summed E-state index contributed by atoms with van der Waals surface area (Å²) in [6.07, 6.45) is 6.48. The van der Waals surface area contributed by atoms with Crippen molar-refractivity contribution >= 4 is 11.7 Å². The minimum absolute atomic E-state index is 0.103. The molecule has 1 amide bonds. The Balaban J connectivity index is 2.22. The first-order valence-corrected chi connectivity index (χ1v) is 7.69. The number of amides is 1. The number of carbonyl (C=O) groups is 1.